The number of rotatable bonds is 3. The molecule has 0 saturated heterocycles. The molecule has 0 bridgehead atoms. The molecule has 1 aromatic heterocycles. The van der Waals surface area contributed by atoms with Gasteiger partial charge in [0.15, 0.2) is 5.82 Å². The quantitative estimate of drug-likeness (QED) is 0.877. The highest BCUT2D eigenvalue weighted by atomic mass is 16.5. The Morgan fingerprint density at radius 3 is 2.67 bits per heavy atom. The van der Waals surface area contributed by atoms with Crippen LogP contribution in [0.3, 0.4) is 0 Å². The normalized spacial score (nSPS) is 18.4. The molecule has 21 heavy (non-hydrogen) atoms. The molecule has 0 amide bonds. The van der Waals surface area contributed by atoms with Gasteiger partial charge in [0.2, 0.25) is 5.89 Å². The molecule has 0 spiro atoms. The van der Waals surface area contributed by atoms with Gasteiger partial charge in [0.05, 0.1) is 5.54 Å². The van der Waals surface area contributed by atoms with Gasteiger partial charge in [-0.05, 0) is 25.3 Å². The van der Waals surface area contributed by atoms with E-state index in [1.165, 1.54) is 24.0 Å². The Balaban J connectivity index is 1.76. The number of aromatic nitrogens is 2. The summed E-state index contributed by atoms with van der Waals surface area (Å²) in [6, 6.07) is 8.39. The molecule has 0 aliphatic heterocycles. The third-order valence-electron chi connectivity index (χ3n) is 4.33. The maximum atomic E-state index is 6.51. The zero-order valence-electron chi connectivity index (χ0n) is 12.6. The summed E-state index contributed by atoms with van der Waals surface area (Å²) in [6.45, 7) is 2.09. The minimum Gasteiger partial charge on any atom is -0.337 e. The smallest absolute Gasteiger partial charge is 0.246 e. The van der Waals surface area contributed by atoms with Gasteiger partial charge < -0.3 is 10.3 Å². The molecule has 0 radical (unpaired) electrons. The second-order valence-electron chi connectivity index (χ2n) is 6.25. The summed E-state index contributed by atoms with van der Waals surface area (Å²) >= 11 is 0. The van der Waals surface area contributed by atoms with E-state index in [1.54, 1.807) is 0 Å². The summed E-state index contributed by atoms with van der Waals surface area (Å²) in [5.74, 6) is 1.34. The largest absolute Gasteiger partial charge is 0.337 e. The summed E-state index contributed by atoms with van der Waals surface area (Å²) in [7, 11) is 0. The maximum absolute atomic E-state index is 6.51. The number of benzene rings is 1. The summed E-state index contributed by atoms with van der Waals surface area (Å²) in [6.07, 6.45) is 7.38. The van der Waals surface area contributed by atoms with E-state index >= 15 is 0 Å². The fraction of sp³-hybridized carbons (Fsp3) is 0.529. The summed E-state index contributed by atoms with van der Waals surface area (Å²) in [5, 5.41) is 4.13. The number of nitrogens with two attached hydrogens (primary N) is 1. The SMILES string of the molecule is Cc1cccc(Cc2noc(C3(N)CCCCCC3)n2)c1. The number of nitrogens with zero attached hydrogens (tertiary/aromatic N) is 2. The van der Waals surface area contributed by atoms with E-state index in [2.05, 4.69) is 41.3 Å². The van der Waals surface area contributed by atoms with E-state index < -0.39 is 5.54 Å². The van der Waals surface area contributed by atoms with Crippen molar-refractivity contribution in [3.05, 3.63) is 47.1 Å². The monoisotopic (exact) mass is 285 g/mol. The molecule has 1 aliphatic carbocycles. The van der Waals surface area contributed by atoms with Crippen LogP contribution in [-0.2, 0) is 12.0 Å². The minimum absolute atomic E-state index is 0.422. The molecule has 4 nitrogen and oxygen atoms in total. The van der Waals surface area contributed by atoms with Crippen molar-refractivity contribution in [2.75, 3.05) is 0 Å². The Labute approximate surface area is 125 Å². The van der Waals surface area contributed by atoms with Crippen LogP contribution in [0, 0.1) is 6.92 Å². The molecular weight excluding hydrogens is 262 g/mol. The second kappa shape index (κ2) is 5.98. The molecule has 2 aromatic rings. The first-order valence-electron chi connectivity index (χ1n) is 7.83. The fourth-order valence-corrected chi connectivity index (χ4v) is 3.11. The van der Waals surface area contributed by atoms with Gasteiger partial charge in [-0.1, -0.05) is 60.7 Å². The first kappa shape index (κ1) is 14.3. The molecule has 1 aromatic carbocycles. The van der Waals surface area contributed by atoms with Crippen LogP contribution in [0.15, 0.2) is 28.8 Å². The molecular formula is C17H23N3O. The maximum Gasteiger partial charge on any atom is 0.246 e. The van der Waals surface area contributed by atoms with Crippen LogP contribution < -0.4 is 5.73 Å². The third-order valence-corrected chi connectivity index (χ3v) is 4.33. The van der Waals surface area contributed by atoms with Crippen molar-refractivity contribution in [3.63, 3.8) is 0 Å². The highest BCUT2D eigenvalue weighted by molar-refractivity contribution is 5.24. The van der Waals surface area contributed by atoms with E-state index in [1.807, 2.05) is 0 Å². The molecule has 0 unspecified atom stereocenters. The summed E-state index contributed by atoms with van der Waals surface area (Å²) < 4.78 is 5.48. The van der Waals surface area contributed by atoms with Gasteiger partial charge in [-0.15, -0.1) is 0 Å². The van der Waals surface area contributed by atoms with Gasteiger partial charge in [0, 0.05) is 6.42 Å². The minimum atomic E-state index is -0.422. The van der Waals surface area contributed by atoms with Gasteiger partial charge in [-0.25, -0.2) is 0 Å². The molecule has 1 heterocycles. The number of hydrogen-bond donors (Lipinski definition) is 1. The van der Waals surface area contributed by atoms with Gasteiger partial charge in [0.25, 0.3) is 0 Å². The van der Waals surface area contributed by atoms with Crippen LogP contribution in [-0.4, -0.2) is 10.1 Å². The van der Waals surface area contributed by atoms with Gasteiger partial charge in [-0.3, -0.25) is 0 Å². The van der Waals surface area contributed by atoms with Crippen molar-refractivity contribution in [1.82, 2.24) is 10.1 Å². The number of aryl methyl sites for hydroxylation is 1. The first-order valence-corrected chi connectivity index (χ1v) is 7.83. The average Bonchev–Trinajstić information content (AvgIpc) is 2.81. The fourth-order valence-electron chi connectivity index (χ4n) is 3.11. The van der Waals surface area contributed by atoms with Crippen LogP contribution in [0.2, 0.25) is 0 Å². The van der Waals surface area contributed by atoms with Crippen molar-refractivity contribution in [3.8, 4) is 0 Å². The zero-order chi connectivity index (χ0) is 14.7. The van der Waals surface area contributed by atoms with Gasteiger partial charge >= 0.3 is 0 Å². The predicted octanol–water partition coefficient (Wildman–Crippen LogP) is 3.48. The lowest BCUT2D eigenvalue weighted by atomic mass is 9.91. The van der Waals surface area contributed by atoms with Crippen molar-refractivity contribution >= 4 is 0 Å². The van der Waals surface area contributed by atoms with Crippen molar-refractivity contribution in [2.24, 2.45) is 5.73 Å². The van der Waals surface area contributed by atoms with E-state index in [0.717, 1.165) is 31.5 Å². The van der Waals surface area contributed by atoms with Crippen LogP contribution >= 0.6 is 0 Å². The zero-order valence-corrected chi connectivity index (χ0v) is 12.6. The predicted molar refractivity (Wildman–Crippen MR) is 81.9 cm³/mol. The van der Waals surface area contributed by atoms with Crippen molar-refractivity contribution in [1.29, 1.82) is 0 Å². The Bertz CT molecular complexity index is 598. The Morgan fingerprint density at radius 1 is 1.19 bits per heavy atom. The number of hydrogen-bond acceptors (Lipinski definition) is 4. The van der Waals surface area contributed by atoms with Crippen LogP contribution in [0.1, 0.15) is 61.4 Å². The van der Waals surface area contributed by atoms with Crippen LogP contribution in [0.5, 0.6) is 0 Å². The van der Waals surface area contributed by atoms with E-state index in [9.17, 15) is 0 Å². The molecule has 1 aliphatic rings. The second-order valence-corrected chi connectivity index (χ2v) is 6.25. The molecule has 112 valence electrons. The van der Waals surface area contributed by atoms with E-state index in [0.29, 0.717) is 12.3 Å². The summed E-state index contributed by atoms with van der Waals surface area (Å²) in [4.78, 5) is 4.57. The molecule has 2 N–H and O–H groups in total. The highest BCUT2D eigenvalue weighted by Crippen LogP contribution is 2.32. The van der Waals surface area contributed by atoms with Crippen molar-refractivity contribution < 1.29 is 4.52 Å². The van der Waals surface area contributed by atoms with Crippen molar-refractivity contribution in [2.45, 2.75) is 57.4 Å². The lowest BCUT2D eigenvalue weighted by Gasteiger charge is -2.22. The first-order chi connectivity index (χ1) is 10.2. The Hall–Kier alpha value is -1.68. The lowest BCUT2D eigenvalue weighted by Crippen LogP contribution is -2.36. The van der Waals surface area contributed by atoms with E-state index in [4.69, 9.17) is 10.3 Å². The Morgan fingerprint density at radius 2 is 1.95 bits per heavy atom. The topological polar surface area (TPSA) is 64.9 Å². The molecule has 1 fully saturated rings. The lowest BCUT2D eigenvalue weighted by molar-refractivity contribution is 0.256. The van der Waals surface area contributed by atoms with Crippen LogP contribution in [0.25, 0.3) is 0 Å². The average molecular weight is 285 g/mol. The van der Waals surface area contributed by atoms with Gasteiger partial charge in [0.1, 0.15) is 0 Å². The highest BCUT2D eigenvalue weighted by Gasteiger charge is 2.34. The third kappa shape index (κ3) is 3.32. The molecule has 0 atom stereocenters. The molecule has 1 saturated carbocycles. The van der Waals surface area contributed by atoms with Crippen LogP contribution in [0.4, 0.5) is 0 Å². The Kier molecular flexibility index (Phi) is 4.06. The van der Waals surface area contributed by atoms with Gasteiger partial charge in [-0.2, -0.15) is 4.98 Å². The van der Waals surface area contributed by atoms with E-state index in [-0.39, 0.29) is 0 Å². The molecule has 3 rings (SSSR count). The molecule has 4 heteroatoms. The summed E-state index contributed by atoms with van der Waals surface area (Å²) in [5.41, 5.74) is 8.54. The standard InChI is InChI=1S/C17H23N3O/c1-13-7-6-8-14(11-13)12-15-19-16(21-20-15)17(18)9-4-2-3-5-10-17/h6-8,11H,2-5,9-10,12,18H2,1H3.